The van der Waals surface area contributed by atoms with E-state index < -0.39 is 38.5 Å². The standard InChI is InChI=1S/C19H17FIN3O6S/c1-19(2,3)30-18(27)24(31(28,29)13-6-4-5-11(20)9-13)12-7-8-15-14(10-12)16(21)22-23(15)17(25)26/h4-10H,1-3H3,(H,25,26). The monoisotopic (exact) mass is 561 g/mol. The van der Waals surface area contributed by atoms with Crippen LogP contribution in [0.5, 0.6) is 0 Å². The van der Waals surface area contributed by atoms with E-state index in [4.69, 9.17) is 4.74 Å². The van der Waals surface area contributed by atoms with Crippen LogP contribution in [-0.2, 0) is 14.8 Å². The first kappa shape index (κ1) is 22.9. The maximum atomic E-state index is 13.7. The number of benzene rings is 2. The van der Waals surface area contributed by atoms with Gasteiger partial charge in [0.2, 0.25) is 0 Å². The zero-order chi connectivity index (χ0) is 23.1. The largest absolute Gasteiger partial charge is 0.463 e. The Kier molecular flexibility index (Phi) is 5.97. The van der Waals surface area contributed by atoms with Crippen molar-refractivity contribution >= 4 is 61.4 Å². The molecule has 9 nitrogen and oxygen atoms in total. The lowest BCUT2D eigenvalue weighted by Gasteiger charge is -2.27. The average Bonchev–Trinajstić information content (AvgIpc) is 2.97. The maximum absolute atomic E-state index is 13.7. The van der Waals surface area contributed by atoms with Gasteiger partial charge >= 0.3 is 12.2 Å². The summed E-state index contributed by atoms with van der Waals surface area (Å²) in [4.78, 5) is 23.8. The molecule has 164 valence electrons. The molecular weight excluding hydrogens is 544 g/mol. The van der Waals surface area contributed by atoms with Gasteiger partial charge in [-0.3, -0.25) is 0 Å². The van der Waals surface area contributed by atoms with Crippen molar-refractivity contribution < 1.29 is 32.2 Å². The fraction of sp³-hybridized carbons (Fsp3) is 0.211. The number of carbonyl (C=O) groups excluding carboxylic acids is 1. The van der Waals surface area contributed by atoms with E-state index in [-0.39, 0.29) is 14.9 Å². The minimum atomic E-state index is -4.57. The highest BCUT2D eigenvalue weighted by Crippen LogP contribution is 2.31. The van der Waals surface area contributed by atoms with Crippen LogP contribution in [0.2, 0.25) is 0 Å². The molecule has 1 heterocycles. The van der Waals surface area contributed by atoms with Crippen LogP contribution < -0.4 is 4.31 Å². The van der Waals surface area contributed by atoms with Crippen molar-refractivity contribution in [1.29, 1.82) is 0 Å². The number of halogens is 2. The van der Waals surface area contributed by atoms with Crippen LogP contribution in [0.25, 0.3) is 10.9 Å². The summed E-state index contributed by atoms with van der Waals surface area (Å²) in [7, 11) is -4.57. The molecule has 3 rings (SSSR count). The molecule has 0 saturated heterocycles. The molecule has 12 heteroatoms. The molecule has 0 aliphatic carbocycles. The summed E-state index contributed by atoms with van der Waals surface area (Å²) >= 11 is 1.80. The molecule has 1 N–H and O–H groups in total. The van der Waals surface area contributed by atoms with Crippen LogP contribution in [0.3, 0.4) is 0 Å². The van der Waals surface area contributed by atoms with Gasteiger partial charge in [0.15, 0.2) is 0 Å². The van der Waals surface area contributed by atoms with E-state index >= 15 is 0 Å². The van der Waals surface area contributed by atoms with E-state index in [0.29, 0.717) is 9.69 Å². The van der Waals surface area contributed by atoms with Gasteiger partial charge < -0.3 is 9.84 Å². The van der Waals surface area contributed by atoms with Crippen molar-refractivity contribution in [3.05, 3.63) is 52.0 Å². The molecule has 0 aliphatic rings. The normalized spacial score (nSPS) is 12.0. The molecule has 3 aromatic rings. The number of aromatic nitrogens is 2. The summed E-state index contributed by atoms with van der Waals surface area (Å²) < 4.78 is 47.0. The van der Waals surface area contributed by atoms with Crippen molar-refractivity contribution in [2.75, 3.05) is 4.31 Å². The molecule has 0 spiro atoms. The van der Waals surface area contributed by atoms with E-state index in [0.717, 1.165) is 22.9 Å². The number of ether oxygens (including phenoxy) is 1. The Morgan fingerprint density at radius 3 is 2.45 bits per heavy atom. The van der Waals surface area contributed by atoms with Gasteiger partial charge in [-0.1, -0.05) is 6.07 Å². The lowest BCUT2D eigenvalue weighted by Crippen LogP contribution is -2.41. The van der Waals surface area contributed by atoms with Crippen LogP contribution in [0.1, 0.15) is 20.8 Å². The van der Waals surface area contributed by atoms with E-state index in [1.54, 1.807) is 43.4 Å². The van der Waals surface area contributed by atoms with Crippen LogP contribution >= 0.6 is 22.6 Å². The average molecular weight is 561 g/mol. The highest BCUT2D eigenvalue weighted by Gasteiger charge is 2.35. The minimum absolute atomic E-state index is 0.117. The zero-order valence-electron chi connectivity index (χ0n) is 16.5. The van der Waals surface area contributed by atoms with E-state index in [2.05, 4.69) is 5.10 Å². The summed E-state index contributed by atoms with van der Waals surface area (Å²) in [6, 6.07) is 8.11. The van der Waals surface area contributed by atoms with Gasteiger partial charge in [-0.15, -0.1) is 0 Å². The van der Waals surface area contributed by atoms with Crippen molar-refractivity contribution in [3.8, 4) is 0 Å². The van der Waals surface area contributed by atoms with Crippen molar-refractivity contribution in [1.82, 2.24) is 9.78 Å². The number of hydrogen-bond acceptors (Lipinski definition) is 6. The molecule has 0 bridgehead atoms. The van der Waals surface area contributed by atoms with Crippen molar-refractivity contribution in [3.63, 3.8) is 0 Å². The first-order valence-corrected chi connectivity index (χ1v) is 11.3. The second-order valence-corrected chi connectivity index (χ2v) is 10.2. The van der Waals surface area contributed by atoms with Crippen LogP contribution in [0.15, 0.2) is 47.4 Å². The van der Waals surface area contributed by atoms with E-state index in [9.17, 15) is 27.5 Å². The Labute approximate surface area is 190 Å². The molecule has 0 saturated carbocycles. The summed E-state index contributed by atoms with van der Waals surface area (Å²) in [5.41, 5.74) is -0.929. The summed E-state index contributed by atoms with van der Waals surface area (Å²) in [6.07, 6.45) is -2.52. The van der Waals surface area contributed by atoms with Crippen LogP contribution in [0.4, 0.5) is 19.7 Å². The zero-order valence-corrected chi connectivity index (χ0v) is 19.5. The lowest BCUT2D eigenvalue weighted by molar-refractivity contribution is 0.0609. The molecule has 31 heavy (non-hydrogen) atoms. The number of carbonyl (C=O) groups is 2. The van der Waals surface area contributed by atoms with Gasteiger partial charge in [-0.05, 0) is 79.8 Å². The number of nitrogens with zero attached hydrogens (tertiary/aromatic N) is 3. The first-order valence-electron chi connectivity index (χ1n) is 8.77. The van der Waals surface area contributed by atoms with Crippen LogP contribution in [-0.4, -0.2) is 41.1 Å². The maximum Gasteiger partial charge on any atom is 0.432 e. The number of carboxylic acid groups (broad SMARTS) is 1. The molecule has 0 unspecified atom stereocenters. The topological polar surface area (TPSA) is 119 Å². The number of anilines is 1. The number of hydrogen-bond donors (Lipinski definition) is 1. The molecule has 2 aromatic carbocycles. The smallest absolute Gasteiger partial charge is 0.432 e. The third-order valence-electron chi connectivity index (χ3n) is 3.93. The molecule has 0 atom stereocenters. The Morgan fingerprint density at radius 2 is 1.87 bits per heavy atom. The van der Waals surface area contributed by atoms with E-state index in [1.807, 2.05) is 0 Å². The molecule has 0 radical (unpaired) electrons. The van der Waals surface area contributed by atoms with Gasteiger partial charge in [0.05, 0.1) is 16.1 Å². The highest BCUT2D eigenvalue weighted by molar-refractivity contribution is 14.1. The number of amides is 1. The lowest BCUT2D eigenvalue weighted by atomic mass is 10.2. The van der Waals surface area contributed by atoms with Gasteiger partial charge in [0.1, 0.15) is 15.1 Å². The summed E-state index contributed by atoms with van der Waals surface area (Å²) in [6.45, 7) is 4.71. The van der Waals surface area contributed by atoms with Gasteiger partial charge in [0.25, 0.3) is 10.0 Å². The molecule has 1 aromatic heterocycles. The predicted molar refractivity (Wildman–Crippen MR) is 118 cm³/mol. The Bertz CT molecular complexity index is 1300. The predicted octanol–water partition coefficient (Wildman–Crippen LogP) is 4.44. The molecule has 0 fully saturated rings. The van der Waals surface area contributed by atoms with Gasteiger partial charge in [-0.2, -0.15) is 14.1 Å². The first-order chi connectivity index (χ1) is 14.3. The number of fused-ring (bicyclic) bond motifs is 1. The second-order valence-electron chi connectivity index (χ2n) is 7.39. The van der Waals surface area contributed by atoms with Crippen molar-refractivity contribution in [2.24, 2.45) is 0 Å². The fourth-order valence-corrected chi connectivity index (χ4v) is 4.72. The molecule has 0 aliphatic heterocycles. The Morgan fingerprint density at radius 1 is 1.19 bits per heavy atom. The highest BCUT2D eigenvalue weighted by atomic mass is 127. The Balaban J connectivity index is 2.23. The second kappa shape index (κ2) is 8.07. The Hall–Kier alpha value is -2.74. The van der Waals surface area contributed by atoms with Crippen molar-refractivity contribution in [2.45, 2.75) is 31.3 Å². The fourth-order valence-electron chi connectivity index (χ4n) is 2.72. The molecular formula is C19H17FIN3O6S. The number of sulfonamides is 1. The van der Waals surface area contributed by atoms with Gasteiger partial charge in [-0.25, -0.2) is 22.4 Å². The third-order valence-corrected chi connectivity index (χ3v) is 6.41. The quantitative estimate of drug-likeness (QED) is 0.470. The summed E-state index contributed by atoms with van der Waals surface area (Å²) in [5, 5.41) is 13.5. The summed E-state index contributed by atoms with van der Waals surface area (Å²) in [5.74, 6) is -0.794. The third kappa shape index (κ3) is 4.63. The van der Waals surface area contributed by atoms with Gasteiger partial charge in [0, 0.05) is 5.39 Å². The van der Waals surface area contributed by atoms with Crippen LogP contribution in [0, 0.1) is 9.52 Å². The SMILES string of the molecule is CC(C)(C)OC(=O)N(c1ccc2c(c1)c(I)nn2C(=O)O)S(=O)(=O)c1cccc(F)c1. The number of rotatable bonds is 3. The molecule has 1 amide bonds. The van der Waals surface area contributed by atoms with E-state index in [1.165, 1.54) is 24.3 Å². The minimum Gasteiger partial charge on any atom is -0.463 e.